The molecule has 1 aromatic rings. The molecule has 0 aromatic heterocycles. The first-order chi connectivity index (χ1) is 9.76. The summed E-state index contributed by atoms with van der Waals surface area (Å²) >= 11 is 6.14. The molecule has 1 aromatic carbocycles. The van der Waals surface area contributed by atoms with E-state index in [9.17, 15) is 8.42 Å². The largest absolute Gasteiger partial charge is 0.320 e. The molecule has 0 aliphatic carbocycles. The molecule has 0 radical (unpaired) electrons. The highest BCUT2D eigenvalue weighted by molar-refractivity contribution is 7.89. The minimum absolute atomic E-state index is 0.00604. The van der Waals surface area contributed by atoms with Crippen molar-refractivity contribution in [3.8, 4) is 11.8 Å². The normalized spacial score (nSPS) is 18.3. The minimum atomic E-state index is -3.55. The Morgan fingerprint density at radius 2 is 2.14 bits per heavy atom. The van der Waals surface area contributed by atoms with Crippen LogP contribution >= 0.6 is 11.6 Å². The molecule has 1 saturated heterocycles. The van der Waals surface area contributed by atoms with Crippen molar-refractivity contribution < 1.29 is 8.42 Å². The van der Waals surface area contributed by atoms with Crippen LogP contribution < -0.4 is 5.73 Å². The van der Waals surface area contributed by atoms with Crippen LogP contribution in [0.3, 0.4) is 0 Å². The summed E-state index contributed by atoms with van der Waals surface area (Å²) in [5.41, 5.74) is 5.98. The molecule has 2 rings (SSSR count). The van der Waals surface area contributed by atoms with Gasteiger partial charge in [-0.2, -0.15) is 4.31 Å². The Kier molecular flexibility index (Phi) is 4.64. The van der Waals surface area contributed by atoms with Gasteiger partial charge in [0.05, 0.1) is 11.6 Å². The van der Waals surface area contributed by atoms with Gasteiger partial charge >= 0.3 is 0 Å². The molecule has 1 aliphatic heterocycles. The number of benzene rings is 1. The zero-order valence-electron chi connectivity index (χ0n) is 12.2. The number of rotatable bonds is 2. The number of sulfonamides is 1. The van der Waals surface area contributed by atoms with Crippen LogP contribution in [0, 0.1) is 17.3 Å². The Labute approximate surface area is 131 Å². The fourth-order valence-electron chi connectivity index (χ4n) is 2.35. The molecule has 21 heavy (non-hydrogen) atoms. The third-order valence-electron chi connectivity index (χ3n) is 3.53. The maximum Gasteiger partial charge on any atom is 0.244 e. The van der Waals surface area contributed by atoms with Gasteiger partial charge in [0.25, 0.3) is 0 Å². The molecule has 0 spiro atoms. The predicted molar refractivity (Wildman–Crippen MR) is 84.5 cm³/mol. The summed E-state index contributed by atoms with van der Waals surface area (Å²) in [5.74, 6) is 5.55. The fourth-order valence-corrected chi connectivity index (χ4v) is 4.50. The van der Waals surface area contributed by atoms with Crippen molar-refractivity contribution >= 4 is 21.6 Å². The molecular weight excluding hydrogens is 308 g/mol. The molecular formula is C15H19ClN2O2S. The molecule has 1 heterocycles. The Balaban J connectivity index is 2.33. The Morgan fingerprint density at radius 3 is 2.67 bits per heavy atom. The third kappa shape index (κ3) is 3.58. The summed E-state index contributed by atoms with van der Waals surface area (Å²) in [6.45, 7) is 5.42. The summed E-state index contributed by atoms with van der Waals surface area (Å²) in [7, 11) is -3.55. The van der Waals surface area contributed by atoms with Crippen LogP contribution in [-0.2, 0) is 10.0 Å². The van der Waals surface area contributed by atoms with Gasteiger partial charge in [0.2, 0.25) is 10.0 Å². The van der Waals surface area contributed by atoms with Crippen LogP contribution in [0.5, 0.6) is 0 Å². The monoisotopic (exact) mass is 326 g/mol. The van der Waals surface area contributed by atoms with E-state index in [4.69, 9.17) is 17.3 Å². The quantitative estimate of drug-likeness (QED) is 0.846. The van der Waals surface area contributed by atoms with E-state index in [1.807, 2.05) is 0 Å². The summed E-state index contributed by atoms with van der Waals surface area (Å²) in [6, 6.07) is 4.74. The van der Waals surface area contributed by atoms with Crippen molar-refractivity contribution in [1.29, 1.82) is 0 Å². The highest BCUT2D eigenvalue weighted by atomic mass is 35.5. The van der Waals surface area contributed by atoms with Crippen LogP contribution in [0.15, 0.2) is 23.1 Å². The first-order valence-electron chi connectivity index (χ1n) is 6.75. The zero-order chi connectivity index (χ0) is 15.7. The number of hydrogen-bond donors (Lipinski definition) is 1. The van der Waals surface area contributed by atoms with E-state index in [1.54, 1.807) is 12.1 Å². The van der Waals surface area contributed by atoms with Gasteiger partial charge in [-0.25, -0.2) is 8.42 Å². The Morgan fingerprint density at radius 1 is 1.43 bits per heavy atom. The van der Waals surface area contributed by atoms with Crippen LogP contribution in [0.2, 0.25) is 5.02 Å². The molecule has 6 heteroatoms. The zero-order valence-corrected chi connectivity index (χ0v) is 13.8. The van der Waals surface area contributed by atoms with Gasteiger partial charge in [0, 0.05) is 18.7 Å². The standard InChI is InChI=1S/C15H19ClN2O2S/c1-15(2)7-9-18(11-15)21(19,20)14-6-5-12(4-3-8-17)10-13(14)16/h5-6,10H,7-9,11,17H2,1-2H3. The van der Waals surface area contributed by atoms with E-state index in [0.717, 1.165) is 6.42 Å². The lowest BCUT2D eigenvalue weighted by Gasteiger charge is -2.20. The Hall–Kier alpha value is -1.06. The summed E-state index contributed by atoms with van der Waals surface area (Å²) in [5, 5.41) is 0.198. The lowest BCUT2D eigenvalue weighted by Crippen LogP contribution is -2.30. The van der Waals surface area contributed by atoms with E-state index >= 15 is 0 Å². The molecule has 0 bridgehead atoms. The second kappa shape index (κ2) is 5.98. The van der Waals surface area contributed by atoms with Crippen molar-refractivity contribution in [1.82, 2.24) is 4.31 Å². The van der Waals surface area contributed by atoms with E-state index in [2.05, 4.69) is 25.7 Å². The number of nitrogens with two attached hydrogens (primary N) is 1. The second-order valence-electron chi connectivity index (χ2n) is 5.90. The van der Waals surface area contributed by atoms with Crippen LogP contribution in [-0.4, -0.2) is 32.4 Å². The molecule has 114 valence electrons. The fraction of sp³-hybridized carbons (Fsp3) is 0.467. The van der Waals surface area contributed by atoms with Crippen molar-refractivity contribution in [3.05, 3.63) is 28.8 Å². The van der Waals surface area contributed by atoms with Gasteiger partial charge < -0.3 is 5.73 Å². The average Bonchev–Trinajstić information content (AvgIpc) is 2.77. The van der Waals surface area contributed by atoms with Crippen molar-refractivity contribution in [2.45, 2.75) is 25.2 Å². The lowest BCUT2D eigenvalue weighted by atomic mass is 9.93. The van der Waals surface area contributed by atoms with Crippen molar-refractivity contribution in [3.63, 3.8) is 0 Å². The first-order valence-corrected chi connectivity index (χ1v) is 8.57. The number of halogens is 1. The maximum atomic E-state index is 12.7. The van der Waals surface area contributed by atoms with Crippen LogP contribution in [0.1, 0.15) is 25.8 Å². The van der Waals surface area contributed by atoms with Gasteiger partial charge in [0.15, 0.2) is 0 Å². The Bertz CT molecular complexity index is 702. The van der Waals surface area contributed by atoms with Gasteiger partial charge in [-0.1, -0.05) is 37.3 Å². The molecule has 0 saturated carbocycles. The second-order valence-corrected chi connectivity index (χ2v) is 8.22. The van der Waals surface area contributed by atoms with Gasteiger partial charge in [0.1, 0.15) is 4.90 Å². The molecule has 4 nitrogen and oxygen atoms in total. The predicted octanol–water partition coefficient (Wildman–Crippen LogP) is 2.07. The maximum absolute atomic E-state index is 12.7. The molecule has 1 aliphatic rings. The van der Waals surface area contributed by atoms with Crippen LogP contribution in [0.25, 0.3) is 0 Å². The van der Waals surface area contributed by atoms with Gasteiger partial charge in [-0.15, -0.1) is 0 Å². The lowest BCUT2D eigenvalue weighted by molar-refractivity contribution is 0.375. The molecule has 2 N–H and O–H groups in total. The van der Waals surface area contributed by atoms with E-state index < -0.39 is 10.0 Å². The number of hydrogen-bond acceptors (Lipinski definition) is 3. The smallest absolute Gasteiger partial charge is 0.244 e. The highest BCUT2D eigenvalue weighted by Gasteiger charge is 2.37. The number of nitrogens with zero attached hydrogens (tertiary/aromatic N) is 1. The van der Waals surface area contributed by atoms with Crippen molar-refractivity contribution in [2.75, 3.05) is 19.6 Å². The van der Waals surface area contributed by atoms with E-state index in [0.29, 0.717) is 18.7 Å². The van der Waals surface area contributed by atoms with Crippen LogP contribution in [0.4, 0.5) is 0 Å². The summed E-state index contributed by atoms with van der Waals surface area (Å²) in [4.78, 5) is 0.139. The SMILES string of the molecule is CC1(C)CCN(S(=O)(=O)c2ccc(C#CCN)cc2Cl)C1. The van der Waals surface area contributed by atoms with Gasteiger partial charge in [-0.3, -0.25) is 0 Å². The minimum Gasteiger partial charge on any atom is -0.320 e. The molecule has 0 atom stereocenters. The summed E-state index contributed by atoms with van der Waals surface area (Å²) < 4.78 is 26.8. The topological polar surface area (TPSA) is 63.4 Å². The van der Waals surface area contributed by atoms with E-state index in [-0.39, 0.29) is 21.9 Å². The van der Waals surface area contributed by atoms with Gasteiger partial charge in [-0.05, 0) is 30.0 Å². The summed E-state index contributed by atoms with van der Waals surface area (Å²) in [6.07, 6.45) is 0.851. The highest BCUT2D eigenvalue weighted by Crippen LogP contribution is 2.34. The third-order valence-corrected chi connectivity index (χ3v) is 5.85. The first kappa shape index (κ1) is 16.3. The molecule has 0 unspecified atom stereocenters. The van der Waals surface area contributed by atoms with E-state index in [1.165, 1.54) is 10.4 Å². The molecule has 0 amide bonds. The van der Waals surface area contributed by atoms with Crippen molar-refractivity contribution in [2.24, 2.45) is 11.1 Å². The average molecular weight is 327 g/mol. The molecule has 1 fully saturated rings.